The lowest BCUT2D eigenvalue weighted by Gasteiger charge is -2.31. The molecule has 3 heterocycles. The Morgan fingerprint density at radius 3 is 0.947 bits per heavy atom. The third kappa shape index (κ3) is 42.5. The standard InChI is InChI=1S/C92H130N30O24S4/c93-53-43-147-148-44-54(94)76(132)114-60(38-50-21-25-52(124)26-22-50)84(140)116-62(36-48-13-5-2-6-14-48)82(138)110-58(28-30-70(96)126)80(136)118-64(40-72(98)128)86(142)120-66(90(146)122-34-10-18-68(122)88(144)112-56(16-8-32-106-92(103)104)78(134)108-42-74(100)130)46-150-149-45-65(89(145)121-33-9-17-67(121)87(143)111-55(15-7-31-105-91(101)102)77(133)107-41-73(99)129)119-85(141)63(39-71(97)127)117-79(135)57(27-29-69(95)125)109-81(137)61(35-47-11-3-1-4-12-47)115-83(139)59(113-75(53)131)37-49-19-23-51(123)24-20-49/h1-6,11-14,19-26,53-68,123-124H,7-10,15-18,27-46,93-94H2,(H2,95,125)(H2,96,126)(H2,97,127)(H2,98,128)(H2,99,129)(H2,100,130)(H,107,133)(H,108,134)(H,109,137)(H,110,138)(H,111,143)(H,112,144)(H,113,131)(H,114,132)(H,115,139)(H,116,140)(H,117,135)(H,118,136)(H,119,141)(H,120,142)(H4,101,102,105)(H4,103,104,106)/t53-,54-,55-,56-,57?,58?,59-,60?,61-,62-,63-,64?,65?,66-,67-,68-/m0/s1. The van der Waals surface area contributed by atoms with Crippen molar-refractivity contribution in [3.63, 3.8) is 0 Å². The fourth-order valence-corrected chi connectivity index (χ4v) is 20.2. The van der Waals surface area contributed by atoms with E-state index in [4.69, 9.17) is 68.2 Å². The number of primary amides is 6. The normalized spacial score (nSPS) is 22.6. The number of benzene rings is 4. The van der Waals surface area contributed by atoms with Gasteiger partial charge in [-0.3, -0.25) is 116 Å². The van der Waals surface area contributed by atoms with E-state index in [0.717, 1.165) is 31.4 Å². The van der Waals surface area contributed by atoms with E-state index < -0.39 is 302 Å². The predicted octanol–water partition coefficient (Wildman–Crippen LogP) is -10.4. The van der Waals surface area contributed by atoms with Gasteiger partial charge in [-0.1, -0.05) is 128 Å². The van der Waals surface area contributed by atoms with Crippen LogP contribution in [0.15, 0.2) is 109 Å². The maximum Gasteiger partial charge on any atom is 0.246 e. The van der Waals surface area contributed by atoms with Crippen molar-refractivity contribution in [1.29, 1.82) is 10.8 Å². The molecule has 816 valence electrons. The number of carbonyl (C=O) groups excluding carboxylic acids is 22. The van der Waals surface area contributed by atoms with Gasteiger partial charge in [-0.2, -0.15) is 0 Å². The van der Waals surface area contributed by atoms with Crippen LogP contribution in [0.5, 0.6) is 11.5 Å². The van der Waals surface area contributed by atoms with Crippen molar-refractivity contribution in [1.82, 2.24) is 94.9 Å². The van der Waals surface area contributed by atoms with Gasteiger partial charge in [0.15, 0.2) is 11.9 Å². The predicted molar refractivity (Wildman–Crippen MR) is 550 cm³/mol. The second kappa shape index (κ2) is 62.1. The fourth-order valence-electron chi connectivity index (χ4n) is 15.6. The zero-order chi connectivity index (χ0) is 110. The molecule has 7 rings (SSSR count). The Morgan fingerprint density at radius 1 is 0.353 bits per heavy atom. The molecule has 40 N–H and O–H groups in total. The zero-order valence-electron chi connectivity index (χ0n) is 81.6. The Bertz CT molecular complexity index is 5130. The summed E-state index contributed by atoms with van der Waals surface area (Å²) in [6, 6.07) is -1.05. The van der Waals surface area contributed by atoms with E-state index in [0.29, 0.717) is 43.8 Å². The van der Waals surface area contributed by atoms with Crippen LogP contribution in [0.3, 0.4) is 0 Å². The van der Waals surface area contributed by atoms with Crippen LogP contribution in [0.1, 0.15) is 112 Å². The number of nitrogens with two attached hydrogens (primary N) is 10. The van der Waals surface area contributed by atoms with Gasteiger partial charge in [0.25, 0.3) is 0 Å². The molecular weight excluding hydrogens is 2040 g/mol. The summed E-state index contributed by atoms with van der Waals surface area (Å²) in [4.78, 5) is 316. The van der Waals surface area contributed by atoms with Crippen molar-refractivity contribution in [2.45, 2.75) is 212 Å². The van der Waals surface area contributed by atoms with Gasteiger partial charge < -0.3 is 162 Å². The summed E-state index contributed by atoms with van der Waals surface area (Å²) in [5.41, 5.74) is 59.0. The molecular formula is C92H130N30O24S4. The summed E-state index contributed by atoms with van der Waals surface area (Å²) in [6.45, 7) is -1.96. The molecule has 4 aromatic rings. The van der Waals surface area contributed by atoms with Gasteiger partial charge in [0.2, 0.25) is 130 Å². The molecule has 5 unspecified atom stereocenters. The van der Waals surface area contributed by atoms with E-state index in [1.165, 1.54) is 48.5 Å². The minimum absolute atomic E-state index is 0.00535. The Balaban J connectivity index is 1.38. The van der Waals surface area contributed by atoms with Crippen molar-refractivity contribution in [3.05, 3.63) is 131 Å². The Hall–Kier alpha value is -15.3. The van der Waals surface area contributed by atoms with Crippen molar-refractivity contribution in [2.24, 2.45) is 57.3 Å². The van der Waals surface area contributed by atoms with E-state index in [1.54, 1.807) is 60.7 Å². The lowest BCUT2D eigenvalue weighted by atomic mass is 10.0. The number of likely N-dealkylation sites (tertiary alicyclic amines) is 2. The van der Waals surface area contributed by atoms with Crippen LogP contribution in [0.25, 0.3) is 0 Å². The molecule has 22 amide bonds. The highest BCUT2D eigenvalue weighted by Gasteiger charge is 2.45. The number of phenolic OH excluding ortho intramolecular Hbond substituents is 2. The van der Waals surface area contributed by atoms with Crippen LogP contribution in [-0.2, 0) is 131 Å². The van der Waals surface area contributed by atoms with Gasteiger partial charge in [0.1, 0.15) is 96.1 Å². The van der Waals surface area contributed by atoms with E-state index in [2.05, 4.69) is 85.1 Å². The highest BCUT2D eigenvalue weighted by Crippen LogP contribution is 2.30. The van der Waals surface area contributed by atoms with Crippen molar-refractivity contribution in [2.75, 3.05) is 62.3 Å². The van der Waals surface area contributed by atoms with E-state index in [9.17, 15) is 67.7 Å². The number of carbonyl (C=O) groups is 22. The molecule has 16 atom stereocenters. The molecule has 0 aliphatic carbocycles. The maximum atomic E-state index is 15.7. The van der Waals surface area contributed by atoms with Crippen molar-refractivity contribution < 1.29 is 116 Å². The van der Waals surface area contributed by atoms with Gasteiger partial charge in [0.05, 0.1) is 38.0 Å². The molecule has 0 radical (unpaired) electrons. The summed E-state index contributed by atoms with van der Waals surface area (Å²) in [6.07, 6.45) is -6.87. The number of aromatic hydroxyl groups is 2. The monoisotopic (exact) mass is 2170 g/mol. The average Bonchev–Trinajstić information content (AvgIpc) is 1.65. The van der Waals surface area contributed by atoms with Crippen LogP contribution in [0, 0.1) is 10.8 Å². The van der Waals surface area contributed by atoms with E-state index in [1.807, 2.05) is 0 Å². The molecule has 3 fully saturated rings. The second-order valence-electron chi connectivity index (χ2n) is 35.3. The first kappa shape index (κ1) is 122. The fraction of sp³-hybridized carbons (Fsp3) is 0.478. The molecule has 4 aromatic carbocycles. The van der Waals surface area contributed by atoms with Gasteiger partial charge in [-0.05, 0) is 111 Å². The molecule has 0 aromatic heterocycles. The number of nitrogens with one attached hydrogen (secondary N) is 18. The molecule has 58 heteroatoms. The van der Waals surface area contributed by atoms with Gasteiger partial charge >= 0.3 is 0 Å². The first-order valence-electron chi connectivity index (χ1n) is 47.5. The Morgan fingerprint density at radius 2 is 0.640 bits per heavy atom. The van der Waals surface area contributed by atoms with E-state index >= 15 is 47.9 Å². The summed E-state index contributed by atoms with van der Waals surface area (Å²) < 4.78 is 0. The van der Waals surface area contributed by atoms with Crippen molar-refractivity contribution in [3.8, 4) is 11.5 Å². The largest absolute Gasteiger partial charge is 0.508 e. The number of rotatable bonds is 38. The lowest BCUT2D eigenvalue weighted by Crippen LogP contribution is -2.61. The highest BCUT2D eigenvalue weighted by molar-refractivity contribution is 8.77. The van der Waals surface area contributed by atoms with Crippen LogP contribution in [-0.4, -0.2) is 321 Å². The number of hydrogen-bond donors (Lipinski definition) is 30. The Kier molecular flexibility index (Phi) is 50.3. The topological polar surface area (TPSA) is 923 Å². The minimum Gasteiger partial charge on any atom is -0.508 e. The third-order valence-electron chi connectivity index (χ3n) is 23.4. The quantitative estimate of drug-likeness (QED) is 0.00857. The molecule has 54 nitrogen and oxygen atoms in total. The second-order valence-corrected chi connectivity index (χ2v) is 40.4. The molecule has 3 saturated heterocycles. The summed E-state index contributed by atoms with van der Waals surface area (Å²) in [7, 11) is 3.16. The first-order chi connectivity index (χ1) is 71.2. The van der Waals surface area contributed by atoms with Crippen LogP contribution >= 0.6 is 43.2 Å². The minimum atomic E-state index is -2.18. The zero-order valence-corrected chi connectivity index (χ0v) is 84.9. The lowest BCUT2D eigenvalue weighted by molar-refractivity contribution is -0.142. The van der Waals surface area contributed by atoms with Gasteiger partial charge in [-0.15, -0.1) is 0 Å². The Labute approximate surface area is 876 Å². The third-order valence-corrected chi connectivity index (χ3v) is 28.3. The number of guanidine groups is 2. The van der Waals surface area contributed by atoms with Gasteiger partial charge in [0, 0.05) is 87.7 Å². The molecule has 0 saturated carbocycles. The average molecular weight is 2170 g/mol. The SMILES string of the molecule is N=C(N)NCCC[C@H](NC(=O)[C@@H]1CCCN1C(=O)C1CSSC[C@@H](C(=O)N2CCC[C@H]2C(=O)N[C@@H](CCCNC(=N)N)C(=O)NCC(N)=O)NC(=O)C(CC(N)=O)NC(=O)C(CCC(N)=O)NC(=O)[C@H](Cc2ccccc2)NC(=O)C(Cc2ccc(O)cc2)NC(=O)[C@@H](N)CSSC[C@H](N)C(=O)N[C@@H](Cc2ccc(O)cc2)C(=O)N[C@@H](Cc2ccccc2)C(=O)NC(CCC(N)=O)C(=O)N[C@@H](CC(N)=O)C(=O)N1)C(=O)NCC(N)=O. The number of nitrogens with zero attached hydrogens (tertiary/aromatic N) is 2. The molecule has 0 bridgehead atoms. The van der Waals surface area contributed by atoms with Crippen LogP contribution < -0.4 is 142 Å². The maximum absolute atomic E-state index is 15.7. The molecule has 150 heavy (non-hydrogen) atoms. The highest BCUT2D eigenvalue weighted by atomic mass is 33.1. The van der Waals surface area contributed by atoms with Crippen LogP contribution in [0.2, 0.25) is 0 Å². The van der Waals surface area contributed by atoms with E-state index in [-0.39, 0.29) is 126 Å². The number of amides is 22. The van der Waals surface area contributed by atoms with Crippen molar-refractivity contribution >= 4 is 185 Å². The summed E-state index contributed by atoms with van der Waals surface area (Å²) >= 11 is 0. The molecule has 3 aliphatic heterocycles. The molecule has 0 spiro atoms. The molecule has 3 aliphatic rings. The smallest absolute Gasteiger partial charge is 0.246 e. The summed E-state index contributed by atoms with van der Waals surface area (Å²) in [5.74, 6) is -27.6. The number of phenols is 2. The number of hydrogen-bond acceptors (Lipinski definition) is 32. The van der Waals surface area contributed by atoms with Crippen LogP contribution in [0.4, 0.5) is 0 Å². The first-order valence-corrected chi connectivity index (χ1v) is 52.5. The van der Waals surface area contributed by atoms with Gasteiger partial charge in [-0.25, -0.2) is 0 Å². The summed E-state index contributed by atoms with van der Waals surface area (Å²) in [5, 5.41) is 75.8.